The highest BCUT2D eigenvalue weighted by atomic mass is 32.1. The molecule has 0 fully saturated rings. The zero-order valence-electron chi connectivity index (χ0n) is 14.7. The van der Waals surface area contributed by atoms with Gasteiger partial charge in [0.05, 0.1) is 7.11 Å². The smallest absolute Gasteiger partial charge is 0.323 e. The minimum absolute atomic E-state index is 0.128. The quantitative estimate of drug-likeness (QED) is 0.897. The van der Waals surface area contributed by atoms with Crippen LogP contribution in [-0.2, 0) is 0 Å². The number of aromatic nitrogens is 2. The summed E-state index contributed by atoms with van der Waals surface area (Å²) in [5.41, 5.74) is 2.43. The van der Waals surface area contributed by atoms with E-state index < -0.39 is 0 Å². The van der Waals surface area contributed by atoms with E-state index in [1.165, 1.54) is 22.5 Å². The number of benzene rings is 1. The van der Waals surface area contributed by atoms with E-state index in [2.05, 4.69) is 47.6 Å². The standard InChI is InChI=1S/C18H22N4O2S/c1-12(2)16-20-21-17(25-16)19-18(23)22-10-8-14(9-11-22)13-4-6-15(24-3)7-5-13/h4-8,12H,9-11H2,1-3H3,(H,19,21,23). The van der Waals surface area contributed by atoms with Gasteiger partial charge in [-0.1, -0.05) is 43.4 Å². The first kappa shape index (κ1) is 17.4. The molecule has 1 aliphatic rings. The predicted molar refractivity (Wildman–Crippen MR) is 100 cm³/mol. The Hall–Kier alpha value is -2.41. The molecule has 1 aromatic heterocycles. The van der Waals surface area contributed by atoms with Gasteiger partial charge in [0.25, 0.3) is 0 Å². The number of anilines is 1. The number of nitrogens with zero attached hydrogens (tertiary/aromatic N) is 3. The predicted octanol–water partition coefficient (Wildman–Crippen LogP) is 3.99. The van der Waals surface area contributed by atoms with Crippen molar-refractivity contribution < 1.29 is 9.53 Å². The molecule has 6 nitrogen and oxygen atoms in total. The summed E-state index contributed by atoms with van der Waals surface area (Å²) in [6.45, 7) is 5.38. The van der Waals surface area contributed by atoms with Crippen molar-refractivity contribution in [3.05, 3.63) is 40.9 Å². The summed E-state index contributed by atoms with van der Waals surface area (Å²) in [6.07, 6.45) is 2.93. The molecule has 1 N–H and O–H groups in total. The number of hydrogen-bond donors (Lipinski definition) is 1. The third-order valence-electron chi connectivity index (χ3n) is 4.11. The summed E-state index contributed by atoms with van der Waals surface area (Å²) in [5.74, 6) is 1.16. The van der Waals surface area contributed by atoms with E-state index in [0.29, 0.717) is 24.1 Å². The SMILES string of the molecule is COc1ccc(C2=CCN(C(=O)Nc3nnc(C(C)C)s3)CC2)cc1. The van der Waals surface area contributed by atoms with E-state index in [0.717, 1.165) is 17.2 Å². The molecule has 2 aromatic rings. The number of urea groups is 1. The van der Waals surface area contributed by atoms with E-state index in [1.807, 2.05) is 12.1 Å². The second kappa shape index (κ2) is 7.65. The molecule has 3 rings (SSSR count). The molecule has 0 aliphatic carbocycles. The van der Waals surface area contributed by atoms with Crippen LogP contribution in [0.2, 0.25) is 0 Å². The number of ether oxygens (including phenoxy) is 1. The molecule has 1 aliphatic heterocycles. The van der Waals surface area contributed by atoms with Crippen molar-refractivity contribution in [2.45, 2.75) is 26.2 Å². The Balaban J connectivity index is 1.59. The number of amides is 2. The topological polar surface area (TPSA) is 67.3 Å². The van der Waals surface area contributed by atoms with E-state index >= 15 is 0 Å². The van der Waals surface area contributed by atoms with Crippen molar-refractivity contribution in [3.8, 4) is 5.75 Å². The molecule has 0 atom stereocenters. The van der Waals surface area contributed by atoms with Gasteiger partial charge in [0.15, 0.2) is 0 Å². The molecule has 0 saturated carbocycles. The number of methoxy groups -OCH3 is 1. The van der Waals surface area contributed by atoms with Crippen molar-refractivity contribution in [2.75, 3.05) is 25.5 Å². The van der Waals surface area contributed by atoms with Crippen molar-refractivity contribution in [3.63, 3.8) is 0 Å². The van der Waals surface area contributed by atoms with Crippen LogP contribution in [0.5, 0.6) is 5.75 Å². The lowest BCUT2D eigenvalue weighted by molar-refractivity contribution is 0.217. The third-order valence-corrected chi connectivity index (χ3v) is 5.24. The molecule has 25 heavy (non-hydrogen) atoms. The van der Waals surface area contributed by atoms with Crippen LogP contribution >= 0.6 is 11.3 Å². The maximum Gasteiger partial charge on any atom is 0.323 e. The van der Waals surface area contributed by atoms with Gasteiger partial charge in [-0.25, -0.2) is 4.79 Å². The highest BCUT2D eigenvalue weighted by Crippen LogP contribution is 2.26. The lowest BCUT2D eigenvalue weighted by Gasteiger charge is -2.26. The molecule has 1 aromatic carbocycles. The van der Waals surface area contributed by atoms with Gasteiger partial charge in [0.1, 0.15) is 10.8 Å². The summed E-state index contributed by atoms with van der Waals surface area (Å²) < 4.78 is 5.19. The van der Waals surface area contributed by atoms with Crippen molar-refractivity contribution in [2.24, 2.45) is 0 Å². The first-order chi connectivity index (χ1) is 12.1. The van der Waals surface area contributed by atoms with Crippen molar-refractivity contribution in [1.29, 1.82) is 0 Å². The van der Waals surface area contributed by atoms with Gasteiger partial charge in [-0.15, -0.1) is 10.2 Å². The lowest BCUT2D eigenvalue weighted by atomic mass is 9.99. The number of rotatable bonds is 4. The normalized spacial score (nSPS) is 14.4. The molecule has 0 unspecified atom stereocenters. The fourth-order valence-corrected chi connectivity index (χ4v) is 3.35. The summed E-state index contributed by atoms with van der Waals surface area (Å²) in [5, 5.41) is 12.5. The lowest BCUT2D eigenvalue weighted by Crippen LogP contribution is -2.37. The molecule has 0 bridgehead atoms. The minimum atomic E-state index is -0.128. The highest BCUT2D eigenvalue weighted by Gasteiger charge is 2.19. The summed E-state index contributed by atoms with van der Waals surface area (Å²) in [6, 6.07) is 7.88. The van der Waals surface area contributed by atoms with Gasteiger partial charge in [0, 0.05) is 19.0 Å². The highest BCUT2D eigenvalue weighted by molar-refractivity contribution is 7.15. The van der Waals surface area contributed by atoms with Crippen LogP contribution in [0.3, 0.4) is 0 Å². The largest absolute Gasteiger partial charge is 0.497 e. The van der Waals surface area contributed by atoms with Gasteiger partial charge in [-0.3, -0.25) is 5.32 Å². The third kappa shape index (κ3) is 4.17. The molecular formula is C18H22N4O2S. The zero-order chi connectivity index (χ0) is 17.8. The fourth-order valence-electron chi connectivity index (χ4n) is 2.61. The average Bonchev–Trinajstić information content (AvgIpc) is 3.11. The van der Waals surface area contributed by atoms with E-state index in [9.17, 15) is 4.79 Å². The Bertz CT molecular complexity index is 768. The Kier molecular flexibility index (Phi) is 5.33. The molecule has 132 valence electrons. The Morgan fingerprint density at radius 3 is 2.60 bits per heavy atom. The Morgan fingerprint density at radius 2 is 2.04 bits per heavy atom. The van der Waals surface area contributed by atoms with Gasteiger partial charge in [-0.05, 0) is 29.7 Å². The zero-order valence-corrected chi connectivity index (χ0v) is 15.5. The van der Waals surface area contributed by atoms with E-state index in [1.54, 1.807) is 12.0 Å². The van der Waals surface area contributed by atoms with Crippen LogP contribution in [0.1, 0.15) is 36.8 Å². The maximum atomic E-state index is 12.4. The average molecular weight is 358 g/mol. The van der Waals surface area contributed by atoms with Gasteiger partial charge >= 0.3 is 6.03 Å². The van der Waals surface area contributed by atoms with Gasteiger partial charge < -0.3 is 9.64 Å². The van der Waals surface area contributed by atoms with Gasteiger partial charge in [-0.2, -0.15) is 0 Å². The molecule has 0 radical (unpaired) electrons. The Morgan fingerprint density at radius 1 is 1.28 bits per heavy atom. The number of nitrogens with one attached hydrogen (secondary N) is 1. The van der Waals surface area contributed by atoms with Crippen LogP contribution in [0.15, 0.2) is 30.3 Å². The van der Waals surface area contributed by atoms with Crippen LogP contribution < -0.4 is 10.1 Å². The molecule has 2 amide bonds. The summed E-state index contributed by atoms with van der Waals surface area (Å²) in [4.78, 5) is 14.2. The number of hydrogen-bond acceptors (Lipinski definition) is 5. The van der Waals surface area contributed by atoms with Crippen LogP contribution in [0.4, 0.5) is 9.93 Å². The molecule has 2 heterocycles. The van der Waals surface area contributed by atoms with Crippen molar-refractivity contribution in [1.82, 2.24) is 15.1 Å². The van der Waals surface area contributed by atoms with Crippen LogP contribution in [-0.4, -0.2) is 41.3 Å². The summed E-state index contributed by atoms with van der Waals surface area (Å²) in [7, 11) is 1.66. The van der Waals surface area contributed by atoms with Crippen LogP contribution in [0, 0.1) is 0 Å². The van der Waals surface area contributed by atoms with Crippen molar-refractivity contribution >= 4 is 28.1 Å². The number of carbonyl (C=O) groups excluding carboxylic acids is 1. The summed E-state index contributed by atoms with van der Waals surface area (Å²) >= 11 is 1.43. The first-order valence-electron chi connectivity index (χ1n) is 8.29. The first-order valence-corrected chi connectivity index (χ1v) is 9.11. The molecular weight excluding hydrogens is 336 g/mol. The molecule has 7 heteroatoms. The minimum Gasteiger partial charge on any atom is -0.497 e. The fraction of sp³-hybridized carbons (Fsp3) is 0.389. The van der Waals surface area contributed by atoms with E-state index in [-0.39, 0.29) is 6.03 Å². The second-order valence-electron chi connectivity index (χ2n) is 6.18. The monoisotopic (exact) mass is 358 g/mol. The van der Waals surface area contributed by atoms with Gasteiger partial charge in [0.2, 0.25) is 5.13 Å². The second-order valence-corrected chi connectivity index (χ2v) is 7.19. The van der Waals surface area contributed by atoms with E-state index in [4.69, 9.17) is 4.74 Å². The number of carbonyl (C=O) groups is 1. The molecule has 0 saturated heterocycles. The molecule has 0 spiro atoms. The van der Waals surface area contributed by atoms with Crippen LogP contribution in [0.25, 0.3) is 5.57 Å². The Labute approximate surface area is 151 Å². The maximum absolute atomic E-state index is 12.4.